The second-order valence-corrected chi connectivity index (χ2v) is 5.02. The van der Waals surface area contributed by atoms with Crippen LogP contribution >= 0.6 is 0 Å². The standard InChI is InChI=1S/C10H14O3S.Na.H/c1-7-5-10(14(11,12)13-4)6-8(2)9(7)3;;/h5-6H,1-4H3;;. The molecule has 0 spiro atoms. The molecular weight excluding hydrogens is 223 g/mol. The van der Waals surface area contributed by atoms with Crippen molar-refractivity contribution < 1.29 is 12.6 Å². The topological polar surface area (TPSA) is 43.4 Å². The summed E-state index contributed by atoms with van der Waals surface area (Å²) in [6.45, 7) is 5.74. The van der Waals surface area contributed by atoms with E-state index < -0.39 is 10.1 Å². The quantitative estimate of drug-likeness (QED) is 0.576. The zero-order chi connectivity index (χ0) is 10.9. The summed E-state index contributed by atoms with van der Waals surface area (Å²) in [5.74, 6) is 0. The molecule has 0 fully saturated rings. The minimum atomic E-state index is -3.56. The van der Waals surface area contributed by atoms with Gasteiger partial charge in [0.25, 0.3) is 10.1 Å². The number of rotatable bonds is 2. The van der Waals surface area contributed by atoms with Gasteiger partial charge in [-0.25, -0.2) is 0 Å². The molecule has 80 valence electrons. The van der Waals surface area contributed by atoms with Crippen molar-refractivity contribution in [3.63, 3.8) is 0 Å². The van der Waals surface area contributed by atoms with E-state index in [1.807, 2.05) is 20.8 Å². The predicted molar refractivity (Wildman–Crippen MR) is 62.0 cm³/mol. The number of hydrogen-bond donors (Lipinski definition) is 0. The Balaban J connectivity index is 0.00000196. The van der Waals surface area contributed by atoms with Crippen LogP contribution < -0.4 is 0 Å². The van der Waals surface area contributed by atoms with Gasteiger partial charge in [-0.1, -0.05) is 0 Å². The van der Waals surface area contributed by atoms with Crippen molar-refractivity contribution in [2.24, 2.45) is 0 Å². The Morgan fingerprint density at radius 3 is 1.80 bits per heavy atom. The number of aryl methyl sites for hydroxylation is 2. The molecule has 0 saturated heterocycles. The van der Waals surface area contributed by atoms with Crippen LogP contribution in [0.15, 0.2) is 17.0 Å². The average Bonchev–Trinajstić information content (AvgIpc) is 2.13. The second kappa shape index (κ2) is 5.46. The molecule has 5 heteroatoms. The Labute approximate surface area is 113 Å². The van der Waals surface area contributed by atoms with E-state index in [-0.39, 0.29) is 34.5 Å². The van der Waals surface area contributed by atoms with E-state index >= 15 is 0 Å². The van der Waals surface area contributed by atoms with Crippen molar-refractivity contribution in [2.45, 2.75) is 25.7 Å². The van der Waals surface area contributed by atoms with Crippen molar-refractivity contribution in [3.8, 4) is 0 Å². The van der Waals surface area contributed by atoms with E-state index in [9.17, 15) is 8.42 Å². The van der Waals surface area contributed by atoms with Crippen molar-refractivity contribution in [1.29, 1.82) is 0 Å². The summed E-state index contributed by atoms with van der Waals surface area (Å²) in [6, 6.07) is 3.25. The summed E-state index contributed by atoms with van der Waals surface area (Å²) in [7, 11) is -2.39. The minimum absolute atomic E-state index is 0. The summed E-state index contributed by atoms with van der Waals surface area (Å²) < 4.78 is 27.2. The van der Waals surface area contributed by atoms with Crippen LogP contribution in [-0.4, -0.2) is 45.1 Å². The van der Waals surface area contributed by atoms with Crippen LogP contribution in [0.25, 0.3) is 0 Å². The number of hydrogen-bond acceptors (Lipinski definition) is 3. The molecule has 15 heavy (non-hydrogen) atoms. The van der Waals surface area contributed by atoms with Gasteiger partial charge in [0.05, 0.1) is 12.0 Å². The molecule has 1 rings (SSSR count). The molecule has 0 bridgehead atoms. The maximum atomic E-state index is 11.4. The molecule has 1 aromatic rings. The first-order valence-corrected chi connectivity index (χ1v) is 5.68. The summed E-state index contributed by atoms with van der Waals surface area (Å²) in [5, 5.41) is 0. The SMILES string of the molecule is COS(=O)(=O)c1cc(C)c(C)c(C)c1.[NaH]. The first-order chi connectivity index (χ1) is 6.38. The third-order valence-corrected chi connectivity index (χ3v) is 3.66. The van der Waals surface area contributed by atoms with Crippen LogP contribution in [0.4, 0.5) is 0 Å². The summed E-state index contributed by atoms with van der Waals surface area (Å²) >= 11 is 0. The van der Waals surface area contributed by atoms with Gasteiger partial charge in [-0.3, -0.25) is 4.18 Å². The van der Waals surface area contributed by atoms with Gasteiger partial charge < -0.3 is 0 Å². The van der Waals surface area contributed by atoms with Gasteiger partial charge in [0, 0.05) is 0 Å². The van der Waals surface area contributed by atoms with E-state index in [2.05, 4.69) is 4.18 Å². The molecule has 0 saturated carbocycles. The molecule has 0 N–H and O–H groups in total. The van der Waals surface area contributed by atoms with Crippen LogP contribution in [-0.2, 0) is 14.3 Å². The fourth-order valence-electron chi connectivity index (χ4n) is 1.24. The molecular formula is C10H15NaO3S. The summed E-state index contributed by atoms with van der Waals surface area (Å²) in [6.07, 6.45) is 0. The molecule has 1 aromatic carbocycles. The monoisotopic (exact) mass is 238 g/mol. The van der Waals surface area contributed by atoms with Crippen LogP contribution in [0, 0.1) is 20.8 Å². The van der Waals surface area contributed by atoms with E-state index in [1.54, 1.807) is 12.1 Å². The first kappa shape index (κ1) is 15.1. The third-order valence-electron chi connectivity index (χ3n) is 2.41. The van der Waals surface area contributed by atoms with Gasteiger partial charge >= 0.3 is 29.6 Å². The van der Waals surface area contributed by atoms with Gasteiger partial charge in [-0.2, -0.15) is 8.42 Å². The molecule has 0 unspecified atom stereocenters. The molecule has 0 aliphatic heterocycles. The van der Waals surface area contributed by atoms with E-state index in [4.69, 9.17) is 0 Å². The van der Waals surface area contributed by atoms with Crippen LogP contribution in [0.2, 0.25) is 0 Å². The molecule has 3 nitrogen and oxygen atoms in total. The average molecular weight is 238 g/mol. The van der Waals surface area contributed by atoms with E-state index in [0.717, 1.165) is 16.7 Å². The van der Waals surface area contributed by atoms with Crippen molar-refractivity contribution in [1.82, 2.24) is 0 Å². The van der Waals surface area contributed by atoms with Crippen LogP contribution in [0.3, 0.4) is 0 Å². The third kappa shape index (κ3) is 3.29. The zero-order valence-corrected chi connectivity index (χ0v) is 9.60. The van der Waals surface area contributed by atoms with Gasteiger partial charge in [0.1, 0.15) is 0 Å². The maximum absolute atomic E-state index is 11.4. The zero-order valence-electron chi connectivity index (χ0n) is 8.79. The Morgan fingerprint density at radius 1 is 1.07 bits per heavy atom. The van der Waals surface area contributed by atoms with E-state index in [1.165, 1.54) is 7.11 Å². The van der Waals surface area contributed by atoms with Gasteiger partial charge in [0.15, 0.2) is 0 Å². The molecule has 0 atom stereocenters. The van der Waals surface area contributed by atoms with Gasteiger partial charge in [-0.15, -0.1) is 0 Å². The first-order valence-electron chi connectivity index (χ1n) is 4.27. The Bertz CT molecular complexity index is 429. The predicted octanol–water partition coefficient (Wildman–Crippen LogP) is 1.30. The van der Waals surface area contributed by atoms with Crippen LogP contribution in [0.5, 0.6) is 0 Å². The molecule has 0 aliphatic carbocycles. The van der Waals surface area contributed by atoms with Crippen molar-refractivity contribution >= 4 is 39.7 Å². The molecule has 0 amide bonds. The van der Waals surface area contributed by atoms with Crippen molar-refractivity contribution in [3.05, 3.63) is 28.8 Å². The number of benzene rings is 1. The molecule has 0 aromatic heterocycles. The molecule has 0 heterocycles. The molecule has 0 radical (unpaired) electrons. The Hall–Kier alpha value is 0.130. The van der Waals surface area contributed by atoms with Gasteiger partial charge in [0.2, 0.25) is 0 Å². The fourth-order valence-corrected chi connectivity index (χ4v) is 2.07. The summed E-state index contributed by atoms with van der Waals surface area (Å²) in [5.41, 5.74) is 3.03. The normalized spacial score (nSPS) is 10.9. The van der Waals surface area contributed by atoms with Crippen LogP contribution in [0.1, 0.15) is 16.7 Å². The van der Waals surface area contributed by atoms with Gasteiger partial charge in [-0.05, 0) is 49.6 Å². The fraction of sp³-hybridized carbons (Fsp3) is 0.400. The second-order valence-electron chi connectivity index (χ2n) is 3.30. The molecule has 0 aliphatic rings. The van der Waals surface area contributed by atoms with E-state index in [0.29, 0.717) is 0 Å². The van der Waals surface area contributed by atoms with Crippen molar-refractivity contribution in [2.75, 3.05) is 7.11 Å². The summed E-state index contributed by atoms with van der Waals surface area (Å²) in [4.78, 5) is 0.223. The Morgan fingerprint density at radius 2 is 1.47 bits per heavy atom. The Kier molecular flexibility index (Phi) is 5.50.